The van der Waals surface area contributed by atoms with Gasteiger partial charge >= 0.3 is 5.97 Å². The number of sulfone groups is 1. The molecule has 2 aromatic rings. The highest BCUT2D eigenvalue weighted by Crippen LogP contribution is 2.18. The summed E-state index contributed by atoms with van der Waals surface area (Å²) in [5.74, 6) is -1.75. The fourth-order valence-corrected chi connectivity index (χ4v) is 5.04. The van der Waals surface area contributed by atoms with Gasteiger partial charge in [0.15, 0.2) is 21.9 Å². The quantitative estimate of drug-likeness (QED) is 0.687. The number of ether oxygens (including phenoxy) is 1. The molecule has 2 heterocycles. The number of aryl methyl sites for hydroxylation is 1. The Hall–Kier alpha value is -2.68. The van der Waals surface area contributed by atoms with E-state index < -0.39 is 34.4 Å². The highest BCUT2D eigenvalue weighted by molar-refractivity contribution is 7.91. The van der Waals surface area contributed by atoms with Crippen molar-refractivity contribution in [3.63, 3.8) is 0 Å². The van der Waals surface area contributed by atoms with E-state index >= 15 is 0 Å². The number of nitrogens with zero attached hydrogens (tertiary/aromatic N) is 1. The predicted molar refractivity (Wildman–Crippen MR) is 102 cm³/mol. The lowest BCUT2D eigenvalue weighted by molar-refractivity contribution is -0.136. The summed E-state index contributed by atoms with van der Waals surface area (Å²) in [5, 5.41) is 0.354. The fourth-order valence-electron chi connectivity index (χ4n) is 3.31. The SMILES string of the molecule is CCN(C(=O)COC(=O)c1cc(=O)c2cc(C)ccc2o1)[C@H]1CCS(=O)(=O)C1. The van der Waals surface area contributed by atoms with Crippen LogP contribution < -0.4 is 5.43 Å². The molecule has 8 nitrogen and oxygen atoms in total. The number of amides is 1. The zero-order valence-electron chi connectivity index (χ0n) is 15.6. The summed E-state index contributed by atoms with van der Waals surface area (Å²) in [6, 6.07) is 5.62. The van der Waals surface area contributed by atoms with Crippen LogP contribution in [-0.4, -0.2) is 55.9 Å². The van der Waals surface area contributed by atoms with Crippen LogP contribution in [0.25, 0.3) is 11.0 Å². The Labute approximate surface area is 162 Å². The molecular weight excluding hydrogens is 386 g/mol. The van der Waals surface area contributed by atoms with Crippen molar-refractivity contribution in [3.05, 3.63) is 45.8 Å². The smallest absolute Gasteiger partial charge is 0.374 e. The molecule has 0 aliphatic carbocycles. The summed E-state index contributed by atoms with van der Waals surface area (Å²) in [4.78, 5) is 38.2. The number of carbonyl (C=O) groups is 2. The Morgan fingerprint density at radius 2 is 2.04 bits per heavy atom. The van der Waals surface area contributed by atoms with E-state index in [-0.39, 0.29) is 28.3 Å². The second-order valence-corrected chi connectivity index (χ2v) is 9.02. The van der Waals surface area contributed by atoms with E-state index in [1.165, 1.54) is 4.90 Å². The second kappa shape index (κ2) is 7.75. The van der Waals surface area contributed by atoms with Gasteiger partial charge in [0.1, 0.15) is 5.58 Å². The fraction of sp³-hybridized carbons (Fsp3) is 0.421. The molecule has 3 rings (SSSR count). The Morgan fingerprint density at radius 3 is 2.68 bits per heavy atom. The van der Waals surface area contributed by atoms with E-state index in [4.69, 9.17) is 9.15 Å². The van der Waals surface area contributed by atoms with Crippen LogP contribution in [0, 0.1) is 6.92 Å². The lowest BCUT2D eigenvalue weighted by atomic mass is 10.1. The van der Waals surface area contributed by atoms with Crippen molar-refractivity contribution in [1.82, 2.24) is 4.90 Å². The number of esters is 1. The topological polar surface area (TPSA) is 111 Å². The molecule has 0 spiro atoms. The predicted octanol–water partition coefficient (Wildman–Crippen LogP) is 1.29. The number of rotatable bonds is 5. The average molecular weight is 407 g/mol. The standard InChI is InChI=1S/C19H21NO7S/c1-3-20(13-6-7-28(24,25)11-13)18(22)10-26-19(23)17-9-15(21)14-8-12(2)4-5-16(14)27-17/h4-5,8-9,13H,3,6-7,10-11H2,1-2H3/t13-/m0/s1. The molecule has 28 heavy (non-hydrogen) atoms. The molecule has 0 saturated carbocycles. The van der Waals surface area contributed by atoms with Gasteiger partial charge < -0.3 is 14.1 Å². The third kappa shape index (κ3) is 4.24. The van der Waals surface area contributed by atoms with Gasteiger partial charge in [0.05, 0.1) is 16.9 Å². The van der Waals surface area contributed by atoms with Gasteiger partial charge in [0.2, 0.25) is 5.76 Å². The number of hydrogen-bond acceptors (Lipinski definition) is 7. The summed E-state index contributed by atoms with van der Waals surface area (Å²) in [5.41, 5.74) is 0.756. The van der Waals surface area contributed by atoms with Crippen LogP contribution in [0.15, 0.2) is 33.5 Å². The van der Waals surface area contributed by atoms with E-state index in [2.05, 4.69) is 0 Å². The van der Waals surface area contributed by atoms with Gasteiger partial charge in [-0.25, -0.2) is 13.2 Å². The number of likely N-dealkylation sites (N-methyl/N-ethyl adjacent to an activating group) is 1. The molecule has 9 heteroatoms. The minimum atomic E-state index is -3.14. The van der Waals surface area contributed by atoms with Gasteiger partial charge in [-0.2, -0.15) is 0 Å². The Bertz CT molecular complexity index is 1090. The molecule has 0 unspecified atom stereocenters. The van der Waals surface area contributed by atoms with E-state index in [1.54, 1.807) is 25.1 Å². The first-order chi connectivity index (χ1) is 13.2. The molecule has 150 valence electrons. The average Bonchev–Trinajstić information content (AvgIpc) is 3.00. The van der Waals surface area contributed by atoms with Gasteiger partial charge in [-0.1, -0.05) is 11.6 Å². The van der Waals surface area contributed by atoms with Gasteiger partial charge in [-0.3, -0.25) is 9.59 Å². The van der Waals surface area contributed by atoms with Crippen LogP contribution in [0.5, 0.6) is 0 Å². The lowest BCUT2D eigenvalue weighted by Gasteiger charge is -2.26. The third-order valence-corrected chi connectivity index (χ3v) is 6.47. The molecule has 1 aliphatic rings. The molecular formula is C19H21NO7S. The van der Waals surface area contributed by atoms with Gasteiger partial charge in [-0.05, 0) is 32.4 Å². The third-order valence-electron chi connectivity index (χ3n) is 4.72. The van der Waals surface area contributed by atoms with Crippen LogP contribution in [0.1, 0.15) is 29.5 Å². The lowest BCUT2D eigenvalue weighted by Crippen LogP contribution is -2.43. The highest BCUT2D eigenvalue weighted by Gasteiger charge is 2.34. The molecule has 0 N–H and O–H groups in total. The summed E-state index contributed by atoms with van der Waals surface area (Å²) in [7, 11) is -3.14. The van der Waals surface area contributed by atoms with Gasteiger partial charge in [0, 0.05) is 18.7 Å². The monoisotopic (exact) mass is 407 g/mol. The normalized spacial score (nSPS) is 18.1. The molecule has 1 amide bonds. The Balaban J connectivity index is 1.69. The summed E-state index contributed by atoms with van der Waals surface area (Å²) in [6.45, 7) is 3.32. The molecule has 1 atom stereocenters. The molecule has 1 aromatic heterocycles. The largest absolute Gasteiger partial charge is 0.450 e. The van der Waals surface area contributed by atoms with E-state index in [0.29, 0.717) is 18.4 Å². The van der Waals surface area contributed by atoms with Crippen molar-refractivity contribution < 1.29 is 27.2 Å². The first-order valence-electron chi connectivity index (χ1n) is 8.91. The Morgan fingerprint density at radius 1 is 1.29 bits per heavy atom. The highest BCUT2D eigenvalue weighted by atomic mass is 32.2. The van der Waals surface area contributed by atoms with Crippen molar-refractivity contribution in [2.24, 2.45) is 0 Å². The zero-order chi connectivity index (χ0) is 20.5. The van der Waals surface area contributed by atoms with Crippen LogP contribution in [0.4, 0.5) is 0 Å². The molecule has 0 bridgehead atoms. The van der Waals surface area contributed by atoms with Crippen LogP contribution in [-0.2, 0) is 19.4 Å². The second-order valence-electron chi connectivity index (χ2n) is 6.79. The molecule has 1 saturated heterocycles. The number of hydrogen-bond donors (Lipinski definition) is 0. The molecule has 1 fully saturated rings. The Kier molecular flexibility index (Phi) is 5.55. The summed E-state index contributed by atoms with van der Waals surface area (Å²) in [6.07, 6.45) is 0.370. The van der Waals surface area contributed by atoms with Crippen LogP contribution >= 0.6 is 0 Å². The maximum atomic E-state index is 12.4. The van der Waals surface area contributed by atoms with Crippen LogP contribution in [0.2, 0.25) is 0 Å². The van der Waals surface area contributed by atoms with Crippen molar-refractivity contribution in [2.45, 2.75) is 26.3 Å². The number of carbonyl (C=O) groups excluding carboxylic acids is 2. The summed E-state index contributed by atoms with van der Waals surface area (Å²) >= 11 is 0. The summed E-state index contributed by atoms with van der Waals surface area (Å²) < 4.78 is 33.7. The maximum absolute atomic E-state index is 12.4. The van der Waals surface area contributed by atoms with Crippen molar-refractivity contribution in [2.75, 3.05) is 24.7 Å². The number of fused-ring (bicyclic) bond motifs is 1. The van der Waals surface area contributed by atoms with Gasteiger partial charge in [-0.15, -0.1) is 0 Å². The van der Waals surface area contributed by atoms with Gasteiger partial charge in [0.25, 0.3) is 5.91 Å². The van der Waals surface area contributed by atoms with Crippen LogP contribution in [0.3, 0.4) is 0 Å². The maximum Gasteiger partial charge on any atom is 0.374 e. The van der Waals surface area contributed by atoms with E-state index in [9.17, 15) is 22.8 Å². The first-order valence-corrected chi connectivity index (χ1v) is 10.7. The first kappa shape index (κ1) is 20.1. The molecule has 1 aromatic carbocycles. The van der Waals surface area contributed by atoms with Crippen molar-refractivity contribution >= 4 is 32.7 Å². The van der Waals surface area contributed by atoms with Crippen molar-refractivity contribution in [1.29, 1.82) is 0 Å². The minimum Gasteiger partial charge on any atom is -0.450 e. The van der Waals surface area contributed by atoms with E-state index in [1.807, 2.05) is 6.92 Å². The number of benzene rings is 1. The van der Waals surface area contributed by atoms with Crippen molar-refractivity contribution in [3.8, 4) is 0 Å². The molecule has 1 aliphatic heterocycles. The van der Waals surface area contributed by atoms with E-state index in [0.717, 1.165) is 11.6 Å². The molecule has 0 radical (unpaired) electrons. The zero-order valence-corrected chi connectivity index (χ0v) is 16.5. The minimum absolute atomic E-state index is 0.0446.